The van der Waals surface area contributed by atoms with Gasteiger partial charge in [0.25, 0.3) is 0 Å². The molecule has 1 heterocycles. The van der Waals surface area contributed by atoms with Crippen LogP contribution in [0.3, 0.4) is 0 Å². The second kappa shape index (κ2) is 5.31. The number of halogens is 1. The van der Waals surface area contributed by atoms with Crippen molar-refractivity contribution >= 4 is 17.7 Å². The number of aromatic nitrogens is 2. The third kappa shape index (κ3) is 4.99. The Morgan fingerprint density at radius 3 is 2.41 bits per heavy atom. The van der Waals surface area contributed by atoms with Crippen LogP contribution in [0.5, 0.6) is 0 Å². The number of carbonyl (C=O) groups excluding carboxylic acids is 1. The lowest BCUT2D eigenvalue weighted by Gasteiger charge is -2.24. The Morgan fingerprint density at radius 1 is 1.41 bits per heavy atom. The smallest absolute Gasteiger partial charge is 0.410 e. The zero-order valence-electron chi connectivity index (χ0n) is 10.4. The average Bonchev–Trinajstić information content (AvgIpc) is 2.19. The Labute approximate surface area is 106 Å². The molecule has 17 heavy (non-hydrogen) atoms. The summed E-state index contributed by atoms with van der Waals surface area (Å²) in [5.74, 6) is 0. The van der Waals surface area contributed by atoms with Crippen molar-refractivity contribution in [2.75, 3.05) is 7.05 Å². The quantitative estimate of drug-likeness (QED) is 0.764. The molecule has 0 aliphatic carbocycles. The maximum absolute atomic E-state index is 11.7. The van der Waals surface area contributed by atoms with Crippen LogP contribution in [0.15, 0.2) is 12.4 Å². The van der Waals surface area contributed by atoms with Crippen LogP contribution in [0.25, 0.3) is 0 Å². The molecule has 0 unspecified atom stereocenters. The van der Waals surface area contributed by atoms with Gasteiger partial charge in [-0.15, -0.1) is 0 Å². The topological polar surface area (TPSA) is 55.3 Å². The van der Waals surface area contributed by atoms with E-state index in [0.29, 0.717) is 6.54 Å². The molecule has 6 heteroatoms. The van der Waals surface area contributed by atoms with Gasteiger partial charge in [-0.2, -0.15) is 0 Å². The summed E-state index contributed by atoms with van der Waals surface area (Å²) in [5, 5.41) is 0.189. The van der Waals surface area contributed by atoms with Crippen molar-refractivity contribution in [3.8, 4) is 0 Å². The molecule has 0 bridgehead atoms. The molecule has 0 radical (unpaired) electrons. The van der Waals surface area contributed by atoms with Crippen LogP contribution < -0.4 is 0 Å². The molecule has 1 amide bonds. The molecule has 5 nitrogen and oxygen atoms in total. The molecule has 0 spiro atoms. The summed E-state index contributed by atoms with van der Waals surface area (Å²) in [5.41, 5.74) is 0.296. The molecule has 0 aliphatic rings. The zero-order chi connectivity index (χ0) is 13.1. The minimum Gasteiger partial charge on any atom is -0.444 e. The minimum atomic E-state index is -0.498. The number of ether oxygens (including phenoxy) is 1. The van der Waals surface area contributed by atoms with E-state index in [1.165, 1.54) is 4.90 Å². The van der Waals surface area contributed by atoms with Crippen LogP contribution in [0.4, 0.5) is 4.79 Å². The normalized spacial score (nSPS) is 11.1. The molecule has 0 aliphatic heterocycles. The van der Waals surface area contributed by atoms with Gasteiger partial charge >= 0.3 is 6.09 Å². The van der Waals surface area contributed by atoms with Crippen molar-refractivity contribution in [2.45, 2.75) is 32.9 Å². The van der Waals surface area contributed by atoms with Crippen molar-refractivity contribution in [3.05, 3.63) is 23.2 Å². The van der Waals surface area contributed by atoms with E-state index in [0.717, 1.165) is 5.56 Å². The van der Waals surface area contributed by atoms with Gasteiger partial charge in [-0.3, -0.25) is 0 Å². The first-order chi connectivity index (χ1) is 7.78. The Kier molecular flexibility index (Phi) is 4.28. The van der Waals surface area contributed by atoms with Gasteiger partial charge in [0, 0.05) is 25.0 Å². The van der Waals surface area contributed by atoms with Crippen molar-refractivity contribution in [1.82, 2.24) is 14.9 Å². The van der Waals surface area contributed by atoms with Gasteiger partial charge in [0.15, 0.2) is 0 Å². The highest BCUT2D eigenvalue weighted by Crippen LogP contribution is 2.11. The van der Waals surface area contributed by atoms with Crippen LogP contribution >= 0.6 is 11.6 Å². The first-order valence-electron chi connectivity index (χ1n) is 5.18. The summed E-state index contributed by atoms with van der Waals surface area (Å²) in [7, 11) is 1.66. The first-order valence-corrected chi connectivity index (χ1v) is 5.56. The monoisotopic (exact) mass is 257 g/mol. The Balaban J connectivity index is 2.57. The molecule has 0 saturated carbocycles. The van der Waals surface area contributed by atoms with E-state index in [-0.39, 0.29) is 11.4 Å². The summed E-state index contributed by atoms with van der Waals surface area (Å²) >= 11 is 5.57. The van der Waals surface area contributed by atoms with Gasteiger partial charge in [-0.25, -0.2) is 14.8 Å². The van der Waals surface area contributed by atoms with E-state index < -0.39 is 5.60 Å². The predicted octanol–water partition coefficient (Wildman–Crippen LogP) is 2.50. The molecule has 1 aromatic rings. The van der Waals surface area contributed by atoms with Crippen LogP contribution in [-0.2, 0) is 11.3 Å². The zero-order valence-corrected chi connectivity index (χ0v) is 11.2. The number of nitrogens with zero attached hydrogens (tertiary/aromatic N) is 3. The van der Waals surface area contributed by atoms with Gasteiger partial charge in [-0.05, 0) is 32.4 Å². The van der Waals surface area contributed by atoms with Crippen LogP contribution in [0.2, 0.25) is 5.28 Å². The van der Waals surface area contributed by atoms with Crippen molar-refractivity contribution in [3.63, 3.8) is 0 Å². The van der Waals surface area contributed by atoms with Gasteiger partial charge in [0.1, 0.15) is 5.60 Å². The fourth-order valence-corrected chi connectivity index (χ4v) is 1.20. The van der Waals surface area contributed by atoms with Crippen molar-refractivity contribution in [2.24, 2.45) is 0 Å². The van der Waals surface area contributed by atoms with Crippen LogP contribution in [0.1, 0.15) is 26.3 Å². The SMILES string of the molecule is CN(Cc1cnc(Cl)nc1)C(=O)OC(C)(C)C. The van der Waals surface area contributed by atoms with Gasteiger partial charge in [-0.1, -0.05) is 0 Å². The van der Waals surface area contributed by atoms with Crippen molar-refractivity contribution < 1.29 is 9.53 Å². The maximum Gasteiger partial charge on any atom is 0.410 e. The summed E-state index contributed by atoms with van der Waals surface area (Å²) in [4.78, 5) is 20.8. The largest absolute Gasteiger partial charge is 0.444 e. The molecular formula is C11H16ClN3O2. The highest BCUT2D eigenvalue weighted by atomic mass is 35.5. The molecule has 1 rings (SSSR count). The number of hydrogen-bond acceptors (Lipinski definition) is 4. The second-order valence-corrected chi connectivity index (χ2v) is 5.03. The van der Waals surface area contributed by atoms with E-state index in [4.69, 9.17) is 16.3 Å². The van der Waals surface area contributed by atoms with E-state index in [2.05, 4.69) is 9.97 Å². The van der Waals surface area contributed by atoms with E-state index in [1.807, 2.05) is 20.8 Å². The summed E-state index contributed by atoms with van der Waals surface area (Å²) < 4.78 is 5.22. The van der Waals surface area contributed by atoms with Crippen LogP contribution in [-0.4, -0.2) is 33.6 Å². The average molecular weight is 258 g/mol. The number of amides is 1. The van der Waals surface area contributed by atoms with E-state index in [1.54, 1.807) is 19.4 Å². The highest BCUT2D eigenvalue weighted by molar-refractivity contribution is 6.28. The third-order valence-corrected chi connectivity index (χ3v) is 1.99. The third-order valence-electron chi connectivity index (χ3n) is 1.80. The van der Waals surface area contributed by atoms with E-state index in [9.17, 15) is 4.79 Å². The van der Waals surface area contributed by atoms with E-state index >= 15 is 0 Å². The van der Waals surface area contributed by atoms with Crippen LogP contribution in [0, 0.1) is 0 Å². The highest BCUT2D eigenvalue weighted by Gasteiger charge is 2.19. The lowest BCUT2D eigenvalue weighted by molar-refractivity contribution is 0.0285. The summed E-state index contributed by atoms with van der Waals surface area (Å²) in [6.07, 6.45) is 2.78. The molecule has 1 aromatic heterocycles. The fourth-order valence-electron chi connectivity index (χ4n) is 1.10. The van der Waals surface area contributed by atoms with Gasteiger partial charge in [0.05, 0.1) is 6.54 Å². The Hall–Kier alpha value is -1.36. The number of rotatable bonds is 2. The lowest BCUT2D eigenvalue weighted by atomic mass is 10.2. The maximum atomic E-state index is 11.7. The standard InChI is InChI=1S/C11H16ClN3O2/c1-11(2,3)17-10(16)15(4)7-8-5-13-9(12)14-6-8/h5-6H,7H2,1-4H3. The summed E-state index contributed by atoms with van der Waals surface area (Å²) in [6.45, 7) is 5.85. The fraction of sp³-hybridized carbons (Fsp3) is 0.545. The van der Waals surface area contributed by atoms with Crippen molar-refractivity contribution in [1.29, 1.82) is 0 Å². The molecular weight excluding hydrogens is 242 g/mol. The number of carbonyl (C=O) groups is 1. The molecule has 94 valence electrons. The summed E-state index contributed by atoms with van der Waals surface area (Å²) in [6, 6.07) is 0. The predicted molar refractivity (Wildman–Crippen MR) is 64.7 cm³/mol. The Morgan fingerprint density at radius 2 is 1.94 bits per heavy atom. The minimum absolute atomic E-state index is 0.189. The molecule has 0 fully saturated rings. The first kappa shape index (κ1) is 13.7. The molecule has 0 N–H and O–H groups in total. The van der Waals surface area contributed by atoms with Gasteiger partial charge < -0.3 is 9.64 Å². The van der Waals surface area contributed by atoms with Gasteiger partial charge in [0.2, 0.25) is 5.28 Å². The molecule has 0 saturated heterocycles. The molecule has 0 atom stereocenters. The second-order valence-electron chi connectivity index (χ2n) is 4.70. The Bertz CT molecular complexity index is 387. The number of hydrogen-bond donors (Lipinski definition) is 0. The molecule has 0 aromatic carbocycles. The lowest BCUT2D eigenvalue weighted by Crippen LogP contribution is -2.33.